The van der Waals surface area contributed by atoms with Crippen LogP contribution in [0.15, 0.2) is 0 Å². The van der Waals surface area contributed by atoms with E-state index in [1.165, 1.54) is 0 Å². The zero-order chi connectivity index (χ0) is 56.0. The van der Waals surface area contributed by atoms with E-state index in [0.717, 1.165) is 0 Å². The Hall–Kier alpha value is -0.803. The van der Waals surface area contributed by atoms with Crippen LogP contribution in [0.2, 0.25) is 0 Å². The Kier molecular flexibility index (Phi) is 37.8. The van der Waals surface area contributed by atoms with E-state index in [4.69, 9.17) is 104 Å². The van der Waals surface area contributed by atoms with Gasteiger partial charge in [0.1, 0.15) is 0 Å². The first-order valence-electron chi connectivity index (χ1n) is 10.2. The summed E-state index contributed by atoms with van der Waals surface area (Å²) < 4.78 is 471. The molecule has 0 atom stereocenters. The quantitative estimate of drug-likeness (QED) is 0.129. The molecule has 400 valence electrons. The minimum absolute atomic E-state index is 0. The standard InChI is InChI=1S/8CHF3O3S.2Sn/c8*2-1(3,4)8(5,6)7;;/h8*(H,5,6,7);;/q;;;;;;;;2*+4/p-8. The third kappa shape index (κ3) is 48.2. The molecule has 0 aromatic carbocycles. The number of hydrogen-bond donors (Lipinski definition) is 0. The molecule has 58 heteroatoms. The van der Waals surface area contributed by atoms with Crippen LogP contribution in [0.25, 0.3) is 0 Å². The molecule has 0 rings (SSSR count). The van der Waals surface area contributed by atoms with Gasteiger partial charge in [-0.15, -0.1) is 0 Å². The van der Waals surface area contributed by atoms with Crippen molar-refractivity contribution in [1.29, 1.82) is 0 Å². The predicted molar refractivity (Wildman–Crippen MR) is 138 cm³/mol. The second-order valence-corrected chi connectivity index (χ2v) is 18.2. The molecule has 24 nitrogen and oxygen atoms in total. The van der Waals surface area contributed by atoms with E-state index in [1.54, 1.807) is 0 Å². The van der Waals surface area contributed by atoms with Gasteiger partial charge in [-0.1, -0.05) is 0 Å². The molecule has 0 aliphatic rings. The summed E-state index contributed by atoms with van der Waals surface area (Å²) in [5.74, 6) is 0. The summed E-state index contributed by atoms with van der Waals surface area (Å²) in [6.07, 6.45) is 0. The Bertz CT molecular complexity index is 1820. The van der Waals surface area contributed by atoms with Crippen LogP contribution in [0.3, 0.4) is 0 Å². The van der Waals surface area contributed by atoms with E-state index in [2.05, 4.69) is 0 Å². The number of hydrogen-bond acceptors (Lipinski definition) is 24. The van der Waals surface area contributed by atoms with Gasteiger partial charge in [0.05, 0.1) is 0 Å². The van der Waals surface area contributed by atoms with Crippen LogP contribution in [0.1, 0.15) is 0 Å². The molecule has 0 aliphatic carbocycles. The first-order valence-corrected chi connectivity index (χ1v) is 21.4. The monoisotopic (exact) mass is 1430 g/mol. The van der Waals surface area contributed by atoms with Gasteiger partial charge in [-0.05, 0) is 0 Å². The van der Waals surface area contributed by atoms with Gasteiger partial charge in [-0.3, -0.25) is 0 Å². The maximum Gasteiger partial charge on any atom is 4.00 e. The van der Waals surface area contributed by atoms with Crippen LogP contribution >= 0.6 is 0 Å². The van der Waals surface area contributed by atoms with Crippen molar-refractivity contribution in [1.82, 2.24) is 0 Å². The second kappa shape index (κ2) is 28.3. The Morgan fingerprint density at radius 3 is 0.182 bits per heavy atom. The number of halogens is 24. The average molecular weight is 1430 g/mol. The minimum Gasteiger partial charge on any atom is -0.741 e. The molecule has 0 unspecified atom stereocenters. The van der Waals surface area contributed by atoms with Crippen LogP contribution < -0.4 is 0 Å². The fourth-order valence-electron chi connectivity index (χ4n) is 0. The first kappa shape index (κ1) is 88.2. The third-order valence-corrected chi connectivity index (χ3v) is 6.80. The molecule has 0 N–H and O–H groups in total. The molecule has 0 saturated carbocycles. The van der Waals surface area contributed by atoms with Gasteiger partial charge < -0.3 is 36.4 Å². The molecule has 0 spiro atoms. The van der Waals surface area contributed by atoms with Gasteiger partial charge in [-0.2, -0.15) is 105 Å². The van der Waals surface area contributed by atoms with Crippen LogP contribution in [0.5, 0.6) is 0 Å². The molecule has 0 aromatic heterocycles. The minimum atomic E-state index is -6.09. The molecule has 0 aliphatic heterocycles. The van der Waals surface area contributed by atoms with Crippen molar-refractivity contribution in [2.75, 3.05) is 0 Å². The third-order valence-electron chi connectivity index (χ3n) is 2.27. The van der Waals surface area contributed by atoms with Crippen molar-refractivity contribution in [3.8, 4) is 0 Å². The molecule has 0 bridgehead atoms. The number of alkyl halides is 24. The molecule has 0 amide bonds. The molecule has 0 aromatic rings. The fourth-order valence-corrected chi connectivity index (χ4v) is 0. The van der Waals surface area contributed by atoms with E-state index in [9.17, 15) is 105 Å². The maximum atomic E-state index is 10.7. The van der Waals surface area contributed by atoms with Crippen LogP contribution in [0.4, 0.5) is 105 Å². The van der Waals surface area contributed by atoms with Crippen LogP contribution in [-0.2, 0) is 80.9 Å². The van der Waals surface area contributed by atoms with Crippen molar-refractivity contribution >= 4 is 129 Å². The molecule has 0 fully saturated rings. The first-order chi connectivity index (χ1) is 26.0. The summed E-state index contributed by atoms with van der Waals surface area (Å²) >= 11 is 0. The summed E-state index contributed by atoms with van der Waals surface area (Å²) in [7, 11) is -48.7. The van der Waals surface area contributed by atoms with E-state index < -0.39 is 125 Å². The Morgan fingerprint density at radius 1 is 0.167 bits per heavy atom. The van der Waals surface area contributed by atoms with Crippen molar-refractivity contribution < 1.29 is 209 Å². The molecular weight excluding hydrogens is 1430 g/mol. The second-order valence-electron chi connectivity index (χ2n) is 7.20. The summed E-state index contributed by atoms with van der Waals surface area (Å²) in [5, 5.41) is 0. The molecule has 66 heavy (non-hydrogen) atoms. The molecule has 0 radical (unpaired) electrons. The van der Waals surface area contributed by atoms with Crippen LogP contribution in [-0.4, -0.2) is 196 Å². The van der Waals surface area contributed by atoms with Crippen molar-refractivity contribution in [2.45, 2.75) is 44.1 Å². The zero-order valence-electron chi connectivity index (χ0n) is 27.1. The van der Waals surface area contributed by atoms with Crippen molar-refractivity contribution in [3.63, 3.8) is 0 Å². The van der Waals surface area contributed by atoms with Gasteiger partial charge in [0.25, 0.3) is 0 Å². The van der Waals surface area contributed by atoms with E-state index in [1.807, 2.05) is 0 Å². The van der Waals surface area contributed by atoms with Crippen molar-refractivity contribution in [3.05, 3.63) is 0 Å². The molecule has 0 heterocycles. The maximum absolute atomic E-state index is 10.7. The number of rotatable bonds is 0. The van der Waals surface area contributed by atoms with E-state index in [-0.39, 0.29) is 47.8 Å². The summed E-state index contributed by atoms with van der Waals surface area (Å²) in [4.78, 5) is 0. The topological polar surface area (TPSA) is 458 Å². The molecule has 0 saturated heterocycles. The summed E-state index contributed by atoms with van der Waals surface area (Å²) in [6.45, 7) is 0. The van der Waals surface area contributed by atoms with Gasteiger partial charge >= 0.3 is 91.9 Å². The summed E-state index contributed by atoms with van der Waals surface area (Å²) in [6, 6.07) is 0. The zero-order valence-corrected chi connectivity index (χ0v) is 39.4. The predicted octanol–water partition coefficient (Wildman–Crippen LogP) is -0.350. The van der Waals surface area contributed by atoms with Crippen LogP contribution in [0, 0.1) is 0 Å². The van der Waals surface area contributed by atoms with Crippen molar-refractivity contribution in [2.24, 2.45) is 0 Å². The average Bonchev–Trinajstić information content (AvgIpc) is 2.81. The van der Waals surface area contributed by atoms with E-state index >= 15 is 0 Å². The fraction of sp³-hybridized carbons (Fsp3) is 1.00. The smallest absolute Gasteiger partial charge is 0.741 e. The Labute approximate surface area is 379 Å². The SMILES string of the molecule is O=S(=O)([O-])C(F)(F)F.O=S(=O)([O-])C(F)(F)F.O=S(=O)([O-])C(F)(F)F.O=S(=O)([O-])C(F)(F)F.O=S(=O)([O-])C(F)(F)F.O=S(=O)([O-])C(F)(F)F.O=S(=O)([O-])C(F)(F)F.O=S(=O)([O-])C(F)(F)F.[Sn+4].[Sn+4]. The Balaban J connectivity index is -0.0000000676. The normalized spacial score (nSPS) is 13.6. The van der Waals surface area contributed by atoms with E-state index in [0.29, 0.717) is 0 Å². The van der Waals surface area contributed by atoms with Gasteiger partial charge in [-0.25, -0.2) is 67.3 Å². The largest absolute Gasteiger partial charge is 4.00 e. The van der Waals surface area contributed by atoms with Gasteiger partial charge in [0, 0.05) is 0 Å². The van der Waals surface area contributed by atoms with Gasteiger partial charge in [0.15, 0.2) is 80.9 Å². The Morgan fingerprint density at radius 2 is 0.182 bits per heavy atom. The molecular formula is C8F24O24S8Sn2. The summed E-state index contributed by atoms with van der Waals surface area (Å²) in [5.41, 5.74) is -45.2. The van der Waals surface area contributed by atoms with Gasteiger partial charge in [0.2, 0.25) is 0 Å².